The Morgan fingerprint density at radius 3 is 2.86 bits per heavy atom. The molecule has 29 heavy (non-hydrogen) atoms. The predicted octanol–water partition coefficient (Wildman–Crippen LogP) is 5.60. The molecule has 1 aromatic rings. The molecule has 3 saturated carbocycles. The largest absolute Gasteiger partial charge is 0.431 e. The fraction of sp³-hybridized carbons (Fsp3) is 0.680. The lowest BCUT2D eigenvalue weighted by atomic mass is 9.51. The summed E-state index contributed by atoms with van der Waals surface area (Å²) < 4.78 is 5.15. The van der Waals surface area contributed by atoms with Gasteiger partial charge < -0.3 is 14.9 Å². The molecule has 0 amide bonds. The highest BCUT2D eigenvalue weighted by atomic mass is 16.4. The molecule has 0 radical (unpaired) electrons. The first-order valence-electron chi connectivity index (χ1n) is 11.5. The van der Waals surface area contributed by atoms with Gasteiger partial charge in [0.2, 0.25) is 0 Å². The van der Waals surface area contributed by atoms with Gasteiger partial charge in [0.15, 0.2) is 0 Å². The Kier molecular flexibility index (Phi) is 5.58. The zero-order chi connectivity index (χ0) is 20.6. The molecule has 1 aromatic heterocycles. The lowest BCUT2D eigenvalue weighted by Crippen LogP contribution is -2.56. The first kappa shape index (κ1) is 20.6. The zero-order valence-electron chi connectivity index (χ0n) is 17.9. The smallest absolute Gasteiger partial charge is 0.335 e. The number of unbranched alkanes of at least 4 members (excludes halogenated alkanes) is 1. The van der Waals surface area contributed by atoms with Crippen molar-refractivity contribution < 1.29 is 9.52 Å². The molecule has 3 aliphatic carbocycles. The van der Waals surface area contributed by atoms with Crippen LogP contribution in [0.5, 0.6) is 0 Å². The van der Waals surface area contributed by atoms with Crippen molar-refractivity contribution in [2.24, 2.45) is 17.3 Å². The number of rotatable bonds is 5. The van der Waals surface area contributed by atoms with Crippen molar-refractivity contribution in [1.29, 1.82) is 5.41 Å². The number of allylic oxidation sites excluding steroid dienone is 2. The summed E-state index contributed by atoms with van der Waals surface area (Å²) in [6.07, 6.45) is 13.9. The van der Waals surface area contributed by atoms with Crippen LogP contribution >= 0.6 is 0 Å². The van der Waals surface area contributed by atoms with Gasteiger partial charge in [0.1, 0.15) is 0 Å². The highest BCUT2D eigenvalue weighted by molar-refractivity contribution is 5.92. The van der Waals surface area contributed by atoms with Crippen molar-refractivity contribution in [3.63, 3.8) is 0 Å². The molecule has 4 unspecified atom stereocenters. The summed E-state index contributed by atoms with van der Waals surface area (Å²) in [4.78, 5) is 11.4. The first-order valence-corrected chi connectivity index (χ1v) is 11.5. The standard InChI is InChI=1S/C25H35NO3/c1-3-4-5-20(26)15-17-6-8-22-18(14-17)10-12-24(2)21(11-13-25(22,24)28)19-7-9-23(27)29-16-19/h7,9,15-16,18,21-22,26,28H,3-6,8,10-14H2,1-2H3/b17-15-,26-20?/t18?,21?,22?,24?,25-/m0/s1. The Morgan fingerprint density at radius 2 is 2.14 bits per heavy atom. The maximum absolute atomic E-state index is 12.0. The van der Waals surface area contributed by atoms with Gasteiger partial charge in [0.05, 0.1) is 11.9 Å². The second kappa shape index (κ2) is 7.86. The van der Waals surface area contributed by atoms with E-state index in [1.807, 2.05) is 6.07 Å². The average molecular weight is 398 g/mol. The van der Waals surface area contributed by atoms with E-state index in [1.54, 1.807) is 6.26 Å². The molecule has 0 bridgehead atoms. The van der Waals surface area contributed by atoms with E-state index in [0.717, 1.165) is 75.5 Å². The molecule has 2 N–H and O–H groups in total. The van der Waals surface area contributed by atoms with Gasteiger partial charge in [0.25, 0.3) is 0 Å². The lowest BCUT2D eigenvalue weighted by Gasteiger charge is -2.56. The molecule has 4 heteroatoms. The van der Waals surface area contributed by atoms with Crippen molar-refractivity contribution >= 4 is 5.71 Å². The van der Waals surface area contributed by atoms with Gasteiger partial charge in [-0.25, -0.2) is 4.79 Å². The Bertz CT molecular complexity index is 835. The summed E-state index contributed by atoms with van der Waals surface area (Å²) in [6, 6.07) is 3.40. The van der Waals surface area contributed by atoms with E-state index in [9.17, 15) is 9.90 Å². The van der Waals surface area contributed by atoms with Crippen molar-refractivity contribution in [3.05, 3.63) is 46.0 Å². The first-order chi connectivity index (χ1) is 13.9. The summed E-state index contributed by atoms with van der Waals surface area (Å²) in [6.45, 7) is 4.43. The molecular formula is C25H35NO3. The monoisotopic (exact) mass is 397 g/mol. The molecule has 4 nitrogen and oxygen atoms in total. The number of fused-ring (bicyclic) bond motifs is 3. The number of aliphatic hydroxyl groups is 1. The van der Waals surface area contributed by atoms with Gasteiger partial charge in [-0.15, -0.1) is 0 Å². The Balaban J connectivity index is 1.52. The Labute approximate surface area is 173 Å². The van der Waals surface area contributed by atoms with Crippen LogP contribution in [0.1, 0.15) is 89.5 Å². The van der Waals surface area contributed by atoms with Crippen molar-refractivity contribution in [2.75, 3.05) is 0 Å². The highest BCUT2D eigenvalue weighted by Crippen LogP contribution is 2.66. The fourth-order valence-electron chi connectivity index (χ4n) is 6.76. The summed E-state index contributed by atoms with van der Waals surface area (Å²) in [5.74, 6) is 1.11. The number of hydrogen-bond donors (Lipinski definition) is 2. The molecule has 1 heterocycles. The summed E-state index contributed by atoms with van der Waals surface area (Å²) in [5.41, 5.74) is 2.13. The summed E-state index contributed by atoms with van der Waals surface area (Å²) in [7, 11) is 0. The van der Waals surface area contributed by atoms with Crippen LogP contribution in [0.4, 0.5) is 0 Å². The van der Waals surface area contributed by atoms with Gasteiger partial charge in [-0.05, 0) is 93.2 Å². The minimum absolute atomic E-state index is 0.164. The van der Waals surface area contributed by atoms with Gasteiger partial charge in [-0.2, -0.15) is 0 Å². The molecule has 0 aromatic carbocycles. The minimum atomic E-state index is -0.641. The third-order valence-electron chi connectivity index (χ3n) is 8.39. The molecule has 158 valence electrons. The molecule has 0 saturated heterocycles. The van der Waals surface area contributed by atoms with Crippen LogP contribution in [-0.4, -0.2) is 16.4 Å². The number of hydrogen-bond acceptors (Lipinski definition) is 4. The molecule has 4 rings (SSSR count). The number of nitrogens with one attached hydrogen (secondary N) is 1. The molecular weight excluding hydrogens is 362 g/mol. The SMILES string of the molecule is CCCCC(=N)/C=C1/CCC2C(CCC3(C)C(c4ccc(=O)oc4)CC[C@]23O)C1. The van der Waals surface area contributed by atoms with Crippen LogP contribution in [0.2, 0.25) is 0 Å². The average Bonchev–Trinajstić information content (AvgIpc) is 2.99. The maximum atomic E-state index is 12.0. The highest BCUT2D eigenvalue weighted by Gasteiger charge is 2.63. The molecule has 0 spiro atoms. The van der Waals surface area contributed by atoms with Crippen molar-refractivity contribution in [1.82, 2.24) is 0 Å². The van der Waals surface area contributed by atoms with Crippen molar-refractivity contribution in [3.8, 4) is 0 Å². The molecule has 3 aliphatic rings. The van der Waals surface area contributed by atoms with E-state index in [2.05, 4.69) is 19.9 Å². The second-order valence-corrected chi connectivity index (χ2v) is 9.90. The van der Waals surface area contributed by atoms with E-state index in [-0.39, 0.29) is 17.0 Å². The Hall–Kier alpha value is -1.68. The fourth-order valence-corrected chi connectivity index (χ4v) is 6.76. The van der Waals surface area contributed by atoms with Gasteiger partial charge in [-0.3, -0.25) is 0 Å². The van der Waals surface area contributed by atoms with Gasteiger partial charge >= 0.3 is 5.63 Å². The molecule has 3 fully saturated rings. The third-order valence-corrected chi connectivity index (χ3v) is 8.39. The van der Waals surface area contributed by atoms with E-state index in [4.69, 9.17) is 9.83 Å². The quantitative estimate of drug-likeness (QED) is 0.635. The van der Waals surface area contributed by atoms with Crippen LogP contribution in [0.15, 0.2) is 39.3 Å². The third kappa shape index (κ3) is 3.54. The Morgan fingerprint density at radius 1 is 1.31 bits per heavy atom. The summed E-state index contributed by atoms with van der Waals surface area (Å²) >= 11 is 0. The van der Waals surface area contributed by atoms with Crippen LogP contribution in [0, 0.1) is 22.7 Å². The maximum Gasteiger partial charge on any atom is 0.335 e. The van der Waals surface area contributed by atoms with Crippen molar-refractivity contribution in [2.45, 2.75) is 89.6 Å². The second-order valence-electron chi connectivity index (χ2n) is 9.90. The van der Waals surface area contributed by atoms with Crippen LogP contribution < -0.4 is 5.63 Å². The van der Waals surface area contributed by atoms with E-state index in [0.29, 0.717) is 11.8 Å². The summed E-state index contributed by atoms with van der Waals surface area (Å²) in [5, 5.41) is 20.2. The van der Waals surface area contributed by atoms with Crippen LogP contribution in [-0.2, 0) is 0 Å². The lowest BCUT2D eigenvalue weighted by molar-refractivity contribution is -0.156. The normalized spacial score (nSPS) is 37.9. The van der Waals surface area contributed by atoms with E-state index in [1.165, 1.54) is 11.6 Å². The van der Waals surface area contributed by atoms with Crippen LogP contribution in [0.3, 0.4) is 0 Å². The molecule has 0 aliphatic heterocycles. The molecule has 5 atom stereocenters. The van der Waals surface area contributed by atoms with Gasteiger partial charge in [-0.1, -0.05) is 25.8 Å². The van der Waals surface area contributed by atoms with E-state index < -0.39 is 5.60 Å². The van der Waals surface area contributed by atoms with Crippen LogP contribution in [0.25, 0.3) is 0 Å². The topological polar surface area (TPSA) is 74.3 Å². The predicted molar refractivity (Wildman–Crippen MR) is 115 cm³/mol. The zero-order valence-corrected chi connectivity index (χ0v) is 17.9. The van der Waals surface area contributed by atoms with Gasteiger partial charge in [0, 0.05) is 17.2 Å². The van der Waals surface area contributed by atoms with E-state index >= 15 is 0 Å². The minimum Gasteiger partial charge on any atom is -0.431 e.